The molecule has 0 saturated carbocycles. The van der Waals surface area contributed by atoms with Crippen LogP contribution in [0.4, 0.5) is 0 Å². The second kappa shape index (κ2) is 4.87. The molecule has 1 saturated heterocycles. The normalized spacial score (nSPS) is 22.5. The van der Waals surface area contributed by atoms with Crippen molar-refractivity contribution < 1.29 is 4.74 Å². The number of hydrogen-bond donors (Lipinski definition) is 1. The summed E-state index contributed by atoms with van der Waals surface area (Å²) in [5, 5.41) is 4.64. The van der Waals surface area contributed by atoms with E-state index in [1.54, 1.807) is 11.3 Å². The van der Waals surface area contributed by atoms with Crippen LogP contribution in [0, 0.1) is 6.92 Å². The van der Waals surface area contributed by atoms with Crippen molar-refractivity contribution >= 4 is 11.3 Å². The number of aromatic nitrogens is 1. The average Bonchev–Trinajstić information content (AvgIpc) is 2.63. The van der Waals surface area contributed by atoms with Gasteiger partial charge in [-0.15, -0.1) is 11.3 Å². The Morgan fingerprint density at radius 1 is 1.71 bits per heavy atom. The molecule has 2 rings (SSSR count). The highest BCUT2D eigenvalue weighted by Gasteiger charge is 2.12. The first kappa shape index (κ1) is 10.1. The number of rotatable bonds is 3. The van der Waals surface area contributed by atoms with Gasteiger partial charge in [-0.25, -0.2) is 4.98 Å². The van der Waals surface area contributed by atoms with Crippen LogP contribution in [0.15, 0.2) is 6.20 Å². The summed E-state index contributed by atoms with van der Waals surface area (Å²) >= 11 is 1.76. The standard InChI is InChI=1S/C10H16N2OS/c1-8-11-5-10(14-8)6-12-9-3-2-4-13-7-9/h5,9,12H,2-4,6-7H2,1H3/t9-/m0/s1. The minimum absolute atomic E-state index is 0.533. The fourth-order valence-corrected chi connectivity index (χ4v) is 2.38. The minimum Gasteiger partial charge on any atom is -0.380 e. The maximum absolute atomic E-state index is 5.40. The quantitative estimate of drug-likeness (QED) is 0.828. The van der Waals surface area contributed by atoms with Gasteiger partial charge in [0.25, 0.3) is 0 Å². The van der Waals surface area contributed by atoms with Crippen LogP contribution in [0.3, 0.4) is 0 Å². The predicted molar refractivity (Wildman–Crippen MR) is 57.5 cm³/mol. The van der Waals surface area contributed by atoms with Crippen molar-refractivity contribution in [2.45, 2.75) is 32.4 Å². The van der Waals surface area contributed by atoms with E-state index in [9.17, 15) is 0 Å². The first-order valence-corrected chi connectivity index (χ1v) is 5.88. The average molecular weight is 212 g/mol. The zero-order valence-corrected chi connectivity index (χ0v) is 9.27. The van der Waals surface area contributed by atoms with Gasteiger partial charge in [0.05, 0.1) is 11.6 Å². The Balaban J connectivity index is 1.76. The van der Waals surface area contributed by atoms with Crippen LogP contribution in [-0.2, 0) is 11.3 Å². The lowest BCUT2D eigenvalue weighted by Crippen LogP contribution is -2.36. The van der Waals surface area contributed by atoms with E-state index in [-0.39, 0.29) is 0 Å². The van der Waals surface area contributed by atoms with E-state index in [4.69, 9.17) is 4.74 Å². The molecule has 1 aliphatic rings. The molecule has 1 atom stereocenters. The van der Waals surface area contributed by atoms with Crippen molar-refractivity contribution in [2.24, 2.45) is 0 Å². The van der Waals surface area contributed by atoms with Crippen LogP contribution >= 0.6 is 11.3 Å². The fraction of sp³-hybridized carbons (Fsp3) is 0.700. The monoisotopic (exact) mass is 212 g/mol. The molecule has 1 N–H and O–H groups in total. The van der Waals surface area contributed by atoms with Crippen molar-refractivity contribution in [1.82, 2.24) is 10.3 Å². The van der Waals surface area contributed by atoms with Gasteiger partial charge in [0.2, 0.25) is 0 Å². The van der Waals surface area contributed by atoms with Gasteiger partial charge in [-0.05, 0) is 19.8 Å². The number of ether oxygens (including phenoxy) is 1. The summed E-state index contributed by atoms with van der Waals surface area (Å²) in [6, 6.07) is 0.533. The Morgan fingerprint density at radius 2 is 2.64 bits per heavy atom. The highest BCUT2D eigenvalue weighted by Crippen LogP contribution is 2.12. The largest absolute Gasteiger partial charge is 0.380 e. The van der Waals surface area contributed by atoms with Gasteiger partial charge in [0.15, 0.2) is 0 Å². The SMILES string of the molecule is Cc1ncc(CN[C@H]2CCCOC2)s1. The van der Waals surface area contributed by atoms with E-state index in [1.807, 2.05) is 13.1 Å². The lowest BCUT2D eigenvalue weighted by molar-refractivity contribution is 0.0700. The van der Waals surface area contributed by atoms with Gasteiger partial charge in [0, 0.05) is 30.3 Å². The topological polar surface area (TPSA) is 34.2 Å². The molecule has 0 amide bonds. The molecule has 0 bridgehead atoms. The Morgan fingerprint density at radius 3 is 3.29 bits per heavy atom. The summed E-state index contributed by atoms with van der Waals surface area (Å²) in [5.74, 6) is 0. The summed E-state index contributed by atoms with van der Waals surface area (Å²) in [4.78, 5) is 5.54. The highest BCUT2D eigenvalue weighted by atomic mass is 32.1. The van der Waals surface area contributed by atoms with Crippen LogP contribution in [-0.4, -0.2) is 24.2 Å². The lowest BCUT2D eigenvalue weighted by Gasteiger charge is -2.22. The number of nitrogens with zero attached hydrogens (tertiary/aromatic N) is 1. The van der Waals surface area contributed by atoms with Gasteiger partial charge in [-0.2, -0.15) is 0 Å². The number of hydrogen-bond acceptors (Lipinski definition) is 4. The van der Waals surface area contributed by atoms with E-state index in [0.717, 1.165) is 24.8 Å². The Labute approximate surface area is 88.5 Å². The molecule has 78 valence electrons. The van der Waals surface area contributed by atoms with Crippen LogP contribution in [0.2, 0.25) is 0 Å². The van der Waals surface area contributed by atoms with Crippen LogP contribution in [0.5, 0.6) is 0 Å². The summed E-state index contributed by atoms with van der Waals surface area (Å²) in [6.07, 6.45) is 4.37. The molecule has 4 heteroatoms. The molecule has 3 nitrogen and oxygen atoms in total. The van der Waals surface area contributed by atoms with Crippen LogP contribution in [0.25, 0.3) is 0 Å². The van der Waals surface area contributed by atoms with Crippen LogP contribution in [0.1, 0.15) is 22.7 Å². The van der Waals surface area contributed by atoms with E-state index < -0.39 is 0 Å². The molecule has 0 spiro atoms. The Hall–Kier alpha value is -0.450. The van der Waals surface area contributed by atoms with E-state index in [0.29, 0.717) is 6.04 Å². The van der Waals surface area contributed by atoms with E-state index in [2.05, 4.69) is 10.3 Å². The number of aryl methyl sites for hydroxylation is 1. The smallest absolute Gasteiger partial charge is 0.0897 e. The third-order valence-corrected chi connectivity index (χ3v) is 3.31. The second-order valence-corrected chi connectivity index (χ2v) is 4.96. The molecule has 1 fully saturated rings. The molecule has 0 unspecified atom stereocenters. The molecule has 0 radical (unpaired) electrons. The molecule has 0 aromatic carbocycles. The van der Waals surface area contributed by atoms with Crippen molar-refractivity contribution in [3.8, 4) is 0 Å². The maximum Gasteiger partial charge on any atom is 0.0897 e. The van der Waals surface area contributed by atoms with Gasteiger partial charge in [-0.1, -0.05) is 0 Å². The summed E-state index contributed by atoms with van der Waals surface area (Å²) in [5.41, 5.74) is 0. The van der Waals surface area contributed by atoms with Crippen molar-refractivity contribution in [2.75, 3.05) is 13.2 Å². The molecule has 1 aromatic rings. The van der Waals surface area contributed by atoms with Gasteiger partial charge in [-0.3, -0.25) is 0 Å². The summed E-state index contributed by atoms with van der Waals surface area (Å²) in [7, 11) is 0. The Bertz CT molecular complexity index is 281. The first-order chi connectivity index (χ1) is 6.84. The fourth-order valence-electron chi connectivity index (χ4n) is 1.63. The van der Waals surface area contributed by atoms with Gasteiger partial charge < -0.3 is 10.1 Å². The number of thiazole rings is 1. The molecular weight excluding hydrogens is 196 g/mol. The minimum atomic E-state index is 0.533. The molecule has 2 heterocycles. The van der Waals surface area contributed by atoms with E-state index in [1.165, 1.54) is 17.7 Å². The molecule has 14 heavy (non-hydrogen) atoms. The Kier molecular flexibility index (Phi) is 3.50. The predicted octanol–water partition coefficient (Wildman–Crippen LogP) is 1.72. The molecule has 1 aromatic heterocycles. The maximum atomic E-state index is 5.40. The van der Waals surface area contributed by atoms with E-state index >= 15 is 0 Å². The van der Waals surface area contributed by atoms with Crippen molar-refractivity contribution in [1.29, 1.82) is 0 Å². The molecule has 1 aliphatic heterocycles. The molecule has 0 aliphatic carbocycles. The van der Waals surface area contributed by atoms with Crippen LogP contribution < -0.4 is 5.32 Å². The van der Waals surface area contributed by atoms with Gasteiger partial charge in [0.1, 0.15) is 0 Å². The van der Waals surface area contributed by atoms with Crippen molar-refractivity contribution in [3.63, 3.8) is 0 Å². The third kappa shape index (κ3) is 2.77. The third-order valence-electron chi connectivity index (χ3n) is 2.39. The zero-order valence-electron chi connectivity index (χ0n) is 8.45. The summed E-state index contributed by atoms with van der Waals surface area (Å²) < 4.78 is 5.40. The first-order valence-electron chi connectivity index (χ1n) is 5.07. The van der Waals surface area contributed by atoms with Gasteiger partial charge >= 0.3 is 0 Å². The summed E-state index contributed by atoms with van der Waals surface area (Å²) in [6.45, 7) is 4.76. The zero-order chi connectivity index (χ0) is 9.80. The lowest BCUT2D eigenvalue weighted by atomic mass is 10.1. The second-order valence-electron chi connectivity index (χ2n) is 3.64. The van der Waals surface area contributed by atoms with Crippen molar-refractivity contribution in [3.05, 3.63) is 16.1 Å². The highest BCUT2D eigenvalue weighted by molar-refractivity contribution is 7.11. The molecular formula is C10H16N2OS. The number of nitrogens with one attached hydrogen (secondary N) is 1.